The van der Waals surface area contributed by atoms with Gasteiger partial charge in [-0.1, -0.05) is 13.8 Å². The van der Waals surface area contributed by atoms with Crippen LogP contribution in [0.3, 0.4) is 0 Å². The van der Waals surface area contributed by atoms with Crippen LogP contribution in [0, 0.1) is 5.92 Å². The molecule has 4 amide bonds. The molecule has 1 aliphatic heterocycles. The second-order valence-corrected chi connectivity index (χ2v) is 6.78. The molecule has 0 spiro atoms. The Labute approximate surface area is 159 Å². The van der Waals surface area contributed by atoms with Gasteiger partial charge in [0.2, 0.25) is 0 Å². The van der Waals surface area contributed by atoms with Gasteiger partial charge in [-0.25, -0.2) is 4.79 Å². The number of urea groups is 1. The summed E-state index contributed by atoms with van der Waals surface area (Å²) in [6.07, 6.45) is 0. The van der Waals surface area contributed by atoms with Crippen LogP contribution in [0.25, 0.3) is 0 Å². The molecule has 0 unspecified atom stereocenters. The topological polar surface area (TPSA) is 88.2 Å². The van der Waals surface area contributed by atoms with E-state index < -0.39 is 0 Å². The summed E-state index contributed by atoms with van der Waals surface area (Å²) in [5.74, 6) is -0.430. The van der Waals surface area contributed by atoms with E-state index in [1.807, 2.05) is 13.8 Å². The van der Waals surface area contributed by atoms with Crippen LogP contribution in [0.2, 0.25) is 0 Å². The number of carbonyl (C=O) groups excluding carboxylic acids is 3. The molecule has 148 valence electrons. The fraction of sp³-hybridized carbons (Fsp3) is 0.526. The molecule has 1 aromatic carbocycles. The number of nitrogens with zero attached hydrogens (tertiary/aromatic N) is 2. The molecule has 1 aliphatic rings. The van der Waals surface area contributed by atoms with Crippen LogP contribution in [-0.4, -0.2) is 74.7 Å². The van der Waals surface area contributed by atoms with Crippen LogP contribution in [0.4, 0.5) is 10.5 Å². The quantitative estimate of drug-likeness (QED) is 0.666. The number of hydrogen-bond donors (Lipinski definition) is 1. The maximum absolute atomic E-state index is 12.5. The minimum Gasteiger partial charge on any atom is -0.383 e. The van der Waals surface area contributed by atoms with Gasteiger partial charge in [0.15, 0.2) is 0 Å². The van der Waals surface area contributed by atoms with E-state index in [9.17, 15) is 14.4 Å². The molecule has 0 saturated carbocycles. The van der Waals surface area contributed by atoms with Gasteiger partial charge < -0.3 is 19.7 Å². The Morgan fingerprint density at radius 3 is 2.22 bits per heavy atom. The minimum atomic E-state index is -0.324. The minimum absolute atomic E-state index is 0.182. The van der Waals surface area contributed by atoms with E-state index >= 15 is 0 Å². The summed E-state index contributed by atoms with van der Waals surface area (Å²) in [5.41, 5.74) is 1.15. The van der Waals surface area contributed by atoms with E-state index in [0.29, 0.717) is 49.7 Å². The number of carbonyl (C=O) groups is 3. The normalized spacial score (nSPS) is 13.3. The molecule has 0 saturated heterocycles. The van der Waals surface area contributed by atoms with E-state index in [2.05, 4.69) is 5.32 Å². The first kappa shape index (κ1) is 20.9. The average Bonchev–Trinajstić information content (AvgIpc) is 2.86. The lowest BCUT2D eigenvalue weighted by atomic mass is 10.1. The smallest absolute Gasteiger partial charge is 0.321 e. The van der Waals surface area contributed by atoms with Gasteiger partial charge in [0, 0.05) is 39.5 Å². The summed E-state index contributed by atoms with van der Waals surface area (Å²) in [6.45, 7) is 5.90. The van der Waals surface area contributed by atoms with Crippen molar-refractivity contribution in [3.8, 4) is 0 Å². The lowest BCUT2D eigenvalue weighted by molar-refractivity contribution is 0.0636. The predicted molar refractivity (Wildman–Crippen MR) is 101 cm³/mol. The molecule has 0 bridgehead atoms. The Morgan fingerprint density at radius 1 is 1.07 bits per heavy atom. The molecule has 0 atom stereocenters. The van der Waals surface area contributed by atoms with E-state index in [4.69, 9.17) is 9.47 Å². The van der Waals surface area contributed by atoms with E-state index in [1.54, 1.807) is 37.3 Å². The number of ether oxygens (including phenoxy) is 2. The molecule has 0 aromatic heterocycles. The van der Waals surface area contributed by atoms with Gasteiger partial charge in [-0.3, -0.25) is 14.5 Å². The lowest BCUT2D eigenvalue weighted by Gasteiger charge is -2.22. The Bertz CT molecular complexity index is 697. The third-order valence-electron chi connectivity index (χ3n) is 4.19. The van der Waals surface area contributed by atoms with E-state index in [0.717, 1.165) is 0 Å². The molecule has 1 N–H and O–H groups in total. The van der Waals surface area contributed by atoms with Crippen LogP contribution >= 0.6 is 0 Å². The Balaban J connectivity index is 2.13. The van der Waals surface area contributed by atoms with Gasteiger partial charge in [-0.2, -0.15) is 0 Å². The number of anilines is 1. The van der Waals surface area contributed by atoms with Crippen LogP contribution in [0.15, 0.2) is 18.2 Å². The number of hydrogen-bond acceptors (Lipinski definition) is 5. The van der Waals surface area contributed by atoms with Crippen molar-refractivity contribution in [1.82, 2.24) is 9.80 Å². The fourth-order valence-corrected chi connectivity index (χ4v) is 2.82. The monoisotopic (exact) mass is 377 g/mol. The molecule has 27 heavy (non-hydrogen) atoms. The molecule has 8 heteroatoms. The largest absolute Gasteiger partial charge is 0.383 e. The number of nitrogens with one attached hydrogen (secondary N) is 1. The van der Waals surface area contributed by atoms with Gasteiger partial charge in [0.1, 0.15) is 0 Å². The van der Waals surface area contributed by atoms with Crippen LogP contribution < -0.4 is 5.32 Å². The van der Waals surface area contributed by atoms with Crippen molar-refractivity contribution < 1.29 is 23.9 Å². The highest BCUT2D eigenvalue weighted by Gasteiger charge is 2.35. The SMILES string of the molecule is COCCN(CCOC)C(=O)Nc1ccc2c(c1)C(=O)N(CC(C)C)C2=O. The molecule has 2 rings (SSSR count). The first-order valence-electron chi connectivity index (χ1n) is 8.93. The van der Waals surface area contributed by atoms with Crippen molar-refractivity contribution >= 4 is 23.5 Å². The molecular weight excluding hydrogens is 350 g/mol. The fourth-order valence-electron chi connectivity index (χ4n) is 2.82. The maximum Gasteiger partial charge on any atom is 0.321 e. The van der Waals surface area contributed by atoms with Crippen molar-refractivity contribution in [1.29, 1.82) is 0 Å². The van der Waals surface area contributed by atoms with Crippen LogP contribution in [-0.2, 0) is 9.47 Å². The molecule has 1 aromatic rings. The standard InChI is InChI=1S/C19H27N3O5/c1-13(2)12-22-17(23)15-6-5-14(11-16(15)18(22)24)20-19(25)21(7-9-26-3)8-10-27-4/h5-6,11,13H,7-10,12H2,1-4H3,(H,20,25). The van der Waals surface area contributed by atoms with Crippen molar-refractivity contribution in [2.45, 2.75) is 13.8 Å². The van der Waals surface area contributed by atoms with Gasteiger partial charge in [0.25, 0.3) is 11.8 Å². The maximum atomic E-state index is 12.5. The molecule has 0 aliphatic carbocycles. The molecule has 1 heterocycles. The molecule has 8 nitrogen and oxygen atoms in total. The summed E-state index contributed by atoms with van der Waals surface area (Å²) in [4.78, 5) is 40.3. The highest BCUT2D eigenvalue weighted by atomic mass is 16.5. The zero-order valence-corrected chi connectivity index (χ0v) is 16.3. The number of imide groups is 1. The van der Waals surface area contributed by atoms with Crippen molar-refractivity contribution in [3.63, 3.8) is 0 Å². The summed E-state index contributed by atoms with van der Waals surface area (Å²) >= 11 is 0. The second kappa shape index (κ2) is 9.48. The van der Waals surface area contributed by atoms with E-state index in [-0.39, 0.29) is 23.8 Å². The Morgan fingerprint density at radius 2 is 1.67 bits per heavy atom. The van der Waals surface area contributed by atoms with Crippen LogP contribution in [0.1, 0.15) is 34.6 Å². The summed E-state index contributed by atoms with van der Waals surface area (Å²) in [5, 5.41) is 2.77. The highest BCUT2D eigenvalue weighted by Crippen LogP contribution is 2.26. The zero-order chi connectivity index (χ0) is 20.0. The van der Waals surface area contributed by atoms with Crippen molar-refractivity contribution in [3.05, 3.63) is 29.3 Å². The number of benzene rings is 1. The number of fused-ring (bicyclic) bond motifs is 1. The van der Waals surface area contributed by atoms with Gasteiger partial charge >= 0.3 is 6.03 Å². The highest BCUT2D eigenvalue weighted by molar-refractivity contribution is 6.21. The van der Waals surface area contributed by atoms with E-state index in [1.165, 1.54) is 4.90 Å². The Hall–Kier alpha value is -2.45. The zero-order valence-electron chi connectivity index (χ0n) is 16.3. The van der Waals surface area contributed by atoms with Gasteiger partial charge in [-0.15, -0.1) is 0 Å². The van der Waals surface area contributed by atoms with Crippen molar-refractivity contribution in [2.24, 2.45) is 5.92 Å². The number of rotatable bonds is 9. The number of amides is 4. The predicted octanol–water partition coefficient (Wildman–Crippen LogP) is 2.07. The summed E-state index contributed by atoms with van der Waals surface area (Å²) in [6, 6.07) is 4.45. The molecule has 0 fully saturated rings. The first-order valence-corrected chi connectivity index (χ1v) is 8.93. The Kier molecular flexibility index (Phi) is 7.32. The third kappa shape index (κ3) is 5.05. The summed E-state index contributed by atoms with van der Waals surface area (Å²) < 4.78 is 10.1. The van der Waals surface area contributed by atoms with Crippen LogP contribution in [0.5, 0.6) is 0 Å². The number of methoxy groups -OCH3 is 2. The second-order valence-electron chi connectivity index (χ2n) is 6.78. The van der Waals surface area contributed by atoms with Gasteiger partial charge in [0.05, 0.1) is 24.3 Å². The van der Waals surface area contributed by atoms with Gasteiger partial charge in [-0.05, 0) is 24.1 Å². The lowest BCUT2D eigenvalue weighted by Crippen LogP contribution is -2.39. The molecule has 0 radical (unpaired) electrons. The average molecular weight is 377 g/mol. The molecular formula is C19H27N3O5. The summed E-state index contributed by atoms with van der Waals surface area (Å²) in [7, 11) is 3.14. The third-order valence-corrected chi connectivity index (χ3v) is 4.19. The first-order chi connectivity index (χ1) is 12.9. The van der Waals surface area contributed by atoms with Crippen molar-refractivity contribution in [2.75, 3.05) is 52.4 Å².